The van der Waals surface area contributed by atoms with Crippen molar-refractivity contribution in [3.05, 3.63) is 17.8 Å². The summed E-state index contributed by atoms with van der Waals surface area (Å²) in [4.78, 5) is 27.8. The smallest absolute Gasteiger partial charge is 0.411 e. The number of carbonyl (C=O) groups is 2. The van der Waals surface area contributed by atoms with Crippen LogP contribution in [-0.4, -0.2) is 45.4 Å². The third kappa shape index (κ3) is 3.50. The van der Waals surface area contributed by atoms with Gasteiger partial charge in [-0.25, -0.2) is 19.0 Å². The summed E-state index contributed by atoms with van der Waals surface area (Å²) < 4.78 is 23.9. The molecule has 2 heterocycles. The van der Waals surface area contributed by atoms with Crippen LogP contribution in [0.25, 0.3) is 0 Å². The zero-order chi connectivity index (χ0) is 15.8. The topological polar surface area (TPSA) is 92.9 Å². The number of hydrogen-bond acceptors (Lipinski definition) is 5. The zero-order valence-electron chi connectivity index (χ0n) is 12.0. The van der Waals surface area contributed by atoms with E-state index >= 15 is 0 Å². The number of hydrogen-bond donors (Lipinski definition) is 1. The van der Waals surface area contributed by atoms with Crippen LogP contribution in [0.2, 0.25) is 0 Å². The van der Waals surface area contributed by atoms with Gasteiger partial charge in [-0.1, -0.05) is 0 Å². The van der Waals surface area contributed by atoms with Gasteiger partial charge in [0.15, 0.2) is 5.69 Å². The predicted molar refractivity (Wildman–Crippen MR) is 68.7 cm³/mol. The van der Waals surface area contributed by atoms with E-state index in [1.54, 1.807) is 20.8 Å². The normalized spacial score (nSPS) is 22.4. The quantitative estimate of drug-likeness (QED) is 0.901. The molecule has 1 N–H and O–H groups in total. The van der Waals surface area contributed by atoms with Crippen molar-refractivity contribution in [1.29, 1.82) is 0 Å². The number of nitrogens with zero attached hydrogens (tertiary/aromatic N) is 2. The minimum Gasteiger partial charge on any atom is -0.476 e. The molecule has 116 valence electrons. The van der Waals surface area contributed by atoms with Gasteiger partial charge in [0.25, 0.3) is 0 Å². The number of carbonyl (C=O) groups excluding carboxylic acids is 1. The molecular formula is C13H17FN2O5. The average molecular weight is 300 g/mol. The predicted octanol–water partition coefficient (Wildman–Crippen LogP) is 2.39. The van der Waals surface area contributed by atoms with Gasteiger partial charge in [-0.15, -0.1) is 0 Å². The highest BCUT2D eigenvalue weighted by atomic mass is 19.1. The fourth-order valence-corrected chi connectivity index (χ4v) is 2.08. The van der Waals surface area contributed by atoms with E-state index in [-0.39, 0.29) is 24.6 Å². The lowest BCUT2D eigenvalue weighted by Crippen LogP contribution is -2.37. The lowest BCUT2D eigenvalue weighted by molar-refractivity contribution is 0.0197. The highest BCUT2D eigenvalue weighted by molar-refractivity contribution is 5.84. The van der Waals surface area contributed by atoms with E-state index in [0.29, 0.717) is 0 Å². The van der Waals surface area contributed by atoms with Crippen LogP contribution in [0.3, 0.4) is 0 Å². The van der Waals surface area contributed by atoms with Crippen LogP contribution in [0.5, 0.6) is 0 Å². The molecule has 1 fully saturated rings. The number of aromatic nitrogens is 1. The van der Waals surface area contributed by atoms with Gasteiger partial charge < -0.3 is 14.3 Å². The third-order valence-electron chi connectivity index (χ3n) is 2.90. The Hall–Kier alpha value is -2.12. The molecule has 0 spiro atoms. The molecule has 0 bridgehead atoms. The van der Waals surface area contributed by atoms with Gasteiger partial charge in [0.05, 0.1) is 6.54 Å². The van der Waals surface area contributed by atoms with Gasteiger partial charge in [0, 0.05) is 6.42 Å². The summed E-state index contributed by atoms with van der Waals surface area (Å²) >= 11 is 0. The van der Waals surface area contributed by atoms with Gasteiger partial charge in [-0.2, -0.15) is 0 Å². The Morgan fingerprint density at radius 1 is 1.52 bits per heavy atom. The zero-order valence-corrected chi connectivity index (χ0v) is 12.0. The number of likely N-dealkylation sites (tertiary alicyclic amines) is 1. The molecule has 1 amide bonds. The molecule has 0 aromatic carbocycles. The van der Waals surface area contributed by atoms with Gasteiger partial charge in [0.2, 0.25) is 5.89 Å². The Balaban J connectivity index is 2.19. The molecule has 2 atom stereocenters. The van der Waals surface area contributed by atoms with E-state index in [1.165, 1.54) is 4.90 Å². The Labute approximate surface area is 120 Å². The first-order chi connectivity index (χ1) is 9.67. The van der Waals surface area contributed by atoms with Crippen molar-refractivity contribution in [2.75, 3.05) is 6.54 Å². The Morgan fingerprint density at radius 3 is 2.71 bits per heavy atom. The number of amides is 1. The summed E-state index contributed by atoms with van der Waals surface area (Å²) in [6.45, 7) is 4.98. The van der Waals surface area contributed by atoms with Crippen LogP contribution in [0.4, 0.5) is 9.18 Å². The highest BCUT2D eigenvalue weighted by Crippen LogP contribution is 2.34. The van der Waals surface area contributed by atoms with Crippen LogP contribution in [0.1, 0.15) is 49.6 Å². The van der Waals surface area contributed by atoms with Gasteiger partial charge in [0.1, 0.15) is 24.1 Å². The second-order valence-corrected chi connectivity index (χ2v) is 5.86. The summed E-state index contributed by atoms with van der Waals surface area (Å²) in [6.07, 6.45) is -0.944. The van der Waals surface area contributed by atoms with E-state index in [4.69, 9.17) is 14.3 Å². The molecule has 0 unspecified atom stereocenters. The van der Waals surface area contributed by atoms with Crippen molar-refractivity contribution in [3.8, 4) is 0 Å². The summed E-state index contributed by atoms with van der Waals surface area (Å²) in [5, 5.41) is 8.82. The van der Waals surface area contributed by atoms with Crippen molar-refractivity contribution in [3.63, 3.8) is 0 Å². The average Bonchev–Trinajstić information content (AvgIpc) is 2.92. The number of carboxylic acid groups (broad SMARTS) is 1. The molecule has 1 aromatic heterocycles. The van der Waals surface area contributed by atoms with Crippen LogP contribution in [0, 0.1) is 0 Å². The Morgan fingerprint density at radius 2 is 2.19 bits per heavy atom. The minimum atomic E-state index is -1.25. The molecule has 8 heteroatoms. The maximum Gasteiger partial charge on any atom is 0.411 e. The summed E-state index contributed by atoms with van der Waals surface area (Å²) in [6, 6.07) is -0.761. The maximum atomic E-state index is 13.6. The molecule has 1 aromatic rings. The number of oxazole rings is 1. The maximum absolute atomic E-state index is 13.6. The van der Waals surface area contributed by atoms with Gasteiger partial charge in [-0.3, -0.25) is 4.90 Å². The lowest BCUT2D eigenvalue weighted by Gasteiger charge is -2.27. The number of carboxylic acids is 1. The first-order valence-corrected chi connectivity index (χ1v) is 6.50. The van der Waals surface area contributed by atoms with E-state index in [9.17, 15) is 14.0 Å². The standard InChI is InChI=1S/C13H17FN2O5/c1-13(2,3)21-12(19)16-5-7(14)4-9(16)10-15-8(6-20-10)11(17)18/h6-7,9H,4-5H2,1-3H3,(H,17,18)/t7-,9+/m1/s1. The number of halogens is 1. The second kappa shape index (κ2) is 5.34. The molecule has 0 radical (unpaired) electrons. The molecule has 2 rings (SSSR count). The molecule has 1 aliphatic heterocycles. The van der Waals surface area contributed by atoms with Crippen LogP contribution in [0.15, 0.2) is 10.7 Å². The molecule has 1 saturated heterocycles. The number of aromatic carboxylic acids is 1. The van der Waals surface area contributed by atoms with E-state index in [0.717, 1.165) is 6.26 Å². The van der Waals surface area contributed by atoms with Crippen LogP contribution >= 0.6 is 0 Å². The molecule has 1 aliphatic rings. The molecule has 21 heavy (non-hydrogen) atoms. The van der Waals surface area contributed by atoms with Crippen molar-refractivity contribution in [2.24, 2.45) is 0 Å². The summed E-state index contributed by atoms with van der Waals surface area (Å²) in [7, 11) is 0. The fourth-order valence-electron chi connectivity index (χ4n) is 2.08. The van der Waals surface area contributed by atoms with E-state index in [1.807, 2.05) is 0 Å². The lowest BCUT2D eigenvalue weighted by atomic mass is 10.2. The Kier molecular flexibility index (Phi) is 3.89. The number of ether oxygens (including phenoxy) is 1. The summed E-state index contributed by atoms with van der Waals surface area (Å²) in [5.41, 5.74) is -0.991. The van der Waals surface area contributed by atoms with Gasteiger partial charge >= 0.3 is 12.1 Å². The SMILES string of the molecule is CC(C)(C)OC(=O)N1C[C@H](F)C[C@H]1c1nc(C(=O)O)co1. The number of rotatable bonds is 2. The molecule has 0 saturated carbocycles. The first-order valence-electron chi connectivity index (χ1n) is 6.50. The highest BCUT2D eigenvalue weighted by Gasteiger charge is 2.41. The fraction of sp³-hybridized carbons (Fsp3) is 0.615. The van der Waals surface area contributed by atoms with Crippen LogP contribution < -0.4 is 0 Å². The van der Waals surface area contributed by atoms with Crippen molar-refractivity contribution < 1.29 is 28.2 Å². The third-order valence-corrected chi connectivity index (χ3v) is 2.90. The summed E-state index contributed by atoms with van der Waals surface area (Å²) in [5.74, 6) is -1.25. The molecule has 0 aliphatic carbocycles. The second-order valence-electron chi connectivity index (χ2n) is 5.86. The largest absolute Gasteiger partial charge is 0.476 e. The van der Waals surface area contributed by atoms with Crippen LogP contribution in [-0.2, 0) is 4.74 Å². The number of alkyl halides is 1. The van der Waals surface area contributed by atoms with Crippen molar-refractivity contribution in [1.82, 2.24) is 9.88 Å². The van der Waals surface area contributed by atoms with Gasteiger partial charge in [-0.05, 0) is 20.8 Å². The first kappa shape index (κ1) is 15.3. The molecule has 7 nitrogen and oxygen atoms in total. The molecular weight excluding hydrogens is 283 g/mol. The Bertz CT molecular complexity index is 551. The minimum absolute atomic E-state index is 0.00118. The van der Waals surface area contributed by atoms with Crippen molar-refractivity contribution >= 4 is 12.1 Å². The monoisotopic (exact) mass is 300 g/mol. The van der Waals surface area contributed by atoms with Crippen molar-refractivity contribution in [2.45, 2.75) is 45.0 Å². The van der Waals surface area contributed by atoms with E-state index in [2.05, 4.69) is 4.98 Å². The van der Waals surface area contributed by atoms with E-state index < -0.39 is 29.9 Å².